The number of amides is 2. The van der Waals surface area contributed by atoms with Gasteiger partial charge >= 0.3 is 0 Å². The van der Waals surface area contributed by atoms with Crippen molar-refractivity contribution in [2.45, 2.75) is 45.1 Å². The molecule has 0 bridgehead atoms. The van der Waals surface area contributed by atoms with E-state index in [0.29, 0.717) is 22.7 Å². The van der Waals surface area contributed by atoms with E-state index in [-0.39, 0.29) is 11.3 Å². The first-order valence-electron chi connectivity index (χ1n) is 11.4. The van der Waals surface area contributed by atoms with Crippen LogP contribution in [0.15, 0.2) is 41.7 Å². The fourth-order valence-corrected chi connectivity index (χ4v) is 5.07. The molecule has 2 aliphatic heterocycles. The molecule has 7 nitrogen and oxygen atoms in total. The van der Waals surface area contributed by atoms with Crippen LogP contribution in [0.25, 0.3) is 10.8 Å². The van der Waals surface area contributed by atoms with Gasteiger partial charge in [0, 0.05) is 58.5 Å². The van der Waals surface area contributed by atoms with Gasteiger partial charge in [0.25, 0.3) is 5.91 Å². The Kier molecular flexibility index (Phi) is 6.61. The number of piperidine rings is 1. The Morgan fingerprint density at radius 2 is 1.97 bits per heavy atom. The molecule has 0 unspecified atom stereocenters. The van der Waals surface area contributed by atoms with Gasteiger partial charge in [0.05, 0.1) is 0 Å². The molecule has 0 atom stereocenters. The molecular weight excluding hydrogens is 438 g/mol. The van der Waals surface area contributed by atoms with Crippen LogP contribution in [-0.2, 0) is 4.79 Å². The van der Waals surface area contributed by atoms with Crippen LogP contribution < -0.4 is 16.0 Å². The lowest BCUT2D eigenvalue weighted by Crippen LogP contribution is -2.51. The summed E-state index contributed by atoms with van der Waals surface area (Å²) in [6, 6.07) is 9.81. The van der Waals surface area contributed by atoms with Crippen LogP contribution in [-0.4, -0.2) is 42.6 Å². The SMILES string of the molecule is C=N.CC1(C(=O)N2CCC(N/C=C(\Cl)Nc3ccc4c5c(cccc35)C(=O)N4)CC2)CCC1. The molecule has 33 heavy (non-hydrogen) atoms. The smallest absolute Gasteiger partial charge is 0.256 e. The van der Waals surface area contributed by atoms with Crippen LogP contribution in [0.4, 0.5) is 11.4 Å². The number of carbonyl (C=O) groups is 2. The predicted molar refractivity (Wildman–Crippen MR) is 134 cm³/mol. The third-order valence-corrected chi connectivity index (χ3v) is 7.19. The van der Waals surface area contributed by atoms with Crippen molar-refractivity contribution in [2.75, 3.05) is 23.7 Å². The summed E-state index contributed by atoms with van der Waals surface area (Å²) in [7, 11) is 0. The minimum absolute atomic E-state index is 0.0721. The molecule has 2 aromatic rings. The lowest BCUT2D eigenvalue weighted by Gasteiger charge is -2.43. The number of hydrogen-bond donors (Lipinski definition) is 4. The van der Waals surface area contributed by atoms with Crippen molar-refractivity contribution in [3.05, 3.63) is 47.3 Å². The Bertz CT molecular complexity index is 1100. The number of nitrogens with zero attached hydrogens (tertiary/aromatic N) is 1. The summed E-state index contributed by atoms with van der Waals surface area (Å²) in [6.07, 6.45) is 6.84. The van der Waals surface area contributed by atoms with Crippen LogP contribution in [0.5, 0.6) is 0 Å². The molecule has 3 aliphatic rings. The second kappa shape index (κ2) is 9.43. The van der Waals surface area contributed by atoms with Gasteiger partial charge in [-0.15, -0.1) is 0 Å². The predicted octanol–water partition coefficient (Wildman–Crippen LogP) is 4.89. The molecule has 2 heterocycles. The topological polar surface area (TPSA) is 97.3 Å². The van der Waals surface area contributed by atoms with Crippen LogP contribution in [0.1, 0.15) is 49.4 Å². The molecular formula is C25H30ClN5O2. The molecule has 2 fully saturated rings. The van der Waals surface area contributed by atoms with Crippen molar-refractivity contribution in [3.8, 4) is 0 Å². The molecule has 1 saturated heterocycles. The standard InChI is InChI=1S/C24H27ClN4O2.CH3N/c1-24(10-3-11-24)23(31)29-12-8-15(9-13-29)26-14-20(25)27-18-6-7-19-21-16(18)4-2-5-17(21)22(30)28-19;1-2/h2,4-7,14-15,26-27H,3,8-13H2,1H3,(H,28,30);2H,1H2/b20-14+;. The van der Waals surface area contributed by atoms with Crippen LogP contribution in [0.3, 0.4) is 0 Å². The fraction of sp³-hybridized carbons (Fsp3) is 0.400. The third-order valence-electron chi connectivity index (χ3n) is 6.99. The quantitative estimate of drug-likeness (QED) is 0.371. The van der Waals surface area contributed by atoms with Gasteiger partial charge in [0.2, 0.25) is 5.91 Å². The van der Waals surface area contributed by atoms with Crippen molar-refractivity contribution >= 4 is 52.3 Å². The highest BCUT2D eigenvalue weighted by atomic mass is 35.5. The fourth-order valence-electron chi connectivity index (χ4n) is 4.91. The number of anilines is 2. The zero-order valence-electron chi connectivity index (χ0n) is 18.8. The third kappa shape index (κ3) is 4.42. The molecule has 174 valence electrons. The molecule has 2 aromatic carbocycles. The van der Waals surface area contributed by atoms with Gasteiger partial charge in [-0.2, -0.15) is 0 Å². The first-order valence-corrected chi connectivity index (χ1v) is 11.7. The number of benzene rings is 2. The summed E-state index contributed by atoms with van der Waals surface area (Å²) in [5.74, 6) is 0.254. The Hall–Kier alpha value is -3.06. The Balaban J connectivity index is 0.00000126. The summed E-state index contributed by atoms with van der Waals surface area (Å²) >= 11 is 6.46. The van der Waals surface area contributed by atoms with Crippen molar-refractivity contribution < 1.29 is 9.59 Å². The number of hydrogen-bond acceptors (Lipinski definition) is 5. The number of carbonyl (C=O) groups excluding carboxylic acids is 2. The van der Waals surface area contributed by atoms with E-state index in [1.54, 1.807) is 6.20 Å². The van der Waals surface area contributed by atoms with Crippen LogP contribution >= 0.6 is 11.6 Å². The Morgan fingerprint density at radius 1 is 1.24 bits per heavy atom. The van der Waals surface area contributed by atoms with Gasteiger partial charge in [-0.1, -0.05) is 37.1 Å². The van der Waals surface area contributed by atoms with Crippen molar-refractivity contribution in [2.24, 2.45) is 5.41 Å². The molecule has 5 rings (SSSR count). The van der Waals surface area contributed by atoms with Crippen LogP contribution in [0, 0.1) is 10.8 Å². The molecule has 0 spiro atoms. The van der Waals surface area contributed by atoms with Gasteiger partial charge in [0.1, 0.15) is 5.16 Å². The van der Waals surface area contributed by atoms with E-state index in [0.717, 1.165) is 60.9 Å². The molecule has 4 N–H and O–H groups in total. The summed E-state index contributed by atoms with van der Waals surface area (Å²) in [5, 5.41) is 17.4. The van der Waals surface area contributed by atoms with E-state index >= 15 is 0 Å². The van der Waals surface area contributed by atoms with Crippen molar-refractivity contribution in [1.29, 1.82) is 5.41 Å². The van der Waals surface area contributed by atoms with E-state index < -0.39 is 0 Å². The molecule has 0 radical (unpaired) electrons. The maximum atomic E-state index is 12.7. The van der Waals surface area contributed by atoms with Gasteiger partial charge in [-0.3, -0.25) is 9.59 Å². The van der Waals surface area contributed by atoms with Gasteiger partial charge in [-0.25, -0.2) is 0 Å². The normalized spacial score (nSPS) is 19.3. The first-order chi connectivity index (χ1) is 15.9. The zero-order valence-corrected chi connectivity index (χ0v) is 19.6. The summed E-state index contributed by atoms with van der Waals surface area (Å²) in [4.78, 5) is 26.8. The minimum atomic E-state index is -0.118. The number of likely N-dealkylation sites (tertiary alicyclic amines) is 1. The van der Waals surface area contributed by atoms with E-state index in [2.05, 4.69) is 29.6 Å². The highest BCUT2D eigenvalue weighted by molar-refractivity contribution is 6.31. The van der Waals surface area contributed by atoms with Gasteiger partial charge in [0.15, 0.2) is 0 Å². The van der Waals surface area contributed by atoms with Gasteiger partial charge < -0.3 is 26.3 Å². The monoisotopic (exact) mass is 467 g/mol. The lowest BCUT2D eigenvalue weighted by atomic mass is 9.69. The summed E-state index contributed by atoms with van der Waals surface area (Å²) < 4.78 is 0. The van der Waals surface area contributed by atoms with E-state index in [4.69, 9.17) is 17.0 Å². The Morgan fingerprint density at radius 3 is 2.64 bits per heavy atom. The Labute approximate surface area is 199 Å². The highest BCUT2D eigenvalue weighted by Crippen LogP contribution is 2.42. The highest BCUT2D eigenvalue weighted by Gasteiger charge is 2.42. The maximum absolute atomic E-state index is 12.7. The molecule has 0 aromatic heterocycles. The van der Waals surface area contributed by atoms with Crippen molar-refractivity contribution in [1.82, 2.24) is 10.2 Å². The minimum Gasteiger partial charge on any atom is -0.386 e. The van der Waals surface area contributed by atoms with Gasteiger partial charge in [-0.05, 0) is 50.6 Å². The second-order valence-electron chi connectivity index (χ2n) is 9.11. The summed E-state index contributed by atoms with van der Waals surface area (Å²) in [5.41, 5.74) is 2.25. The lowest BCUT2D eigenvalue weighted by molar-refractivity contribution is -0.147. The van der Waals surface area contributed by atoms with Crippen LogP contribution in [0.2, 0.25) is 0 Å². The zero-order chi connectivity index (χ0) is 23.6. The van der Waals surface area contributed by atoms with E-state index in [1.165, 1.54) is 6.42 Å². The summed E-state index contributed by atoms with van der Waals surface area (Å²) in [6.45, 7) is 6.19. The second-order valence-corrected chi connectivity index (χ2v) is 9.51. The molecule has 2 amide bonds. The largest absolute Gasteiger partial charge is 0.386 e. The molecule has 1 aliphatic carbocycles. The number of halogens is 1. The van der Waals surface area contributed by atoms with E-state index in [1.807, 2.05) is 35.2 Å². The number of rotatable bonds is 5. The maximum Gasteiger partial charge on any atom is 0.256 e. The van der Waals surface area contributed by atoms with Crippen molar-refractivity contribution in [3.63, 3.8) is 0 Å². The van der Waals surface area contributed by atoms with E-state index in [9.17, 15) is 9.59 Å². The molecule has 1 saturated carbocycles. The first kappa shape index (κ1) is 23.1. The average Bonchev–Trinajstić information content (AvgIpc) is 3.16. The average molecular weight is 468 g/mol. The molecule has 8 heteroatoms. The number of nitrogens with one attached hydrogen (secondary N) is 4.